The van der Waals surface area contributed by atoms with Crippen molar-refractivity contribution in [3.63, 3.8) is 0 Å². The first-order chi connectivity index (χ1) is 12.3. The van der Waals surface area contributed by atoms with E-state index in [1.54, 1.807) is 30.5 Å². The Morgan fingerprint density at radius 1 is 1.24 bits per heavy atom. The number of hydrogen-bond acceptors (Lipinski definition) is 5. The Hall–Kier alpha value is -2.86. The largest absolute Gasteiger partial charge is 0.493 e. The smallest absolute Gasteiger partial charge is 0.278 e. The van der Waals surface area contributed by atoms with Crippen molar-refractivity contribution in [1.82, 2.24) is 10.3 Å². The molecule has 0 spiro atoms. The van der Waals surface area contributed by atoms with Gasteiger partial charge < -0.3 is 14.8 Å². The number of amides is 1. The van der Waals surface area contributed by atoms with Gasteiger partial charge in [-0.15, -0.1) is 0 Å². The third kappa shape index (κ3) is 3.49. The van der Waals surface area contributed by atoms with E-state index in [1.807, 2.05) is 29.6 Å². The summed E-state index contributed by atoms with van der Waals surface area (Å²) in [5.74, 6) is 1.65. The lowest BCUT2D eigenvalue weighted by molar-refractivity contribution is 0.0950. The molecule has 1 N–H and O–H groups in total. The Labute approximate surface area is 149 Å². The standard InChI is InChI=1S/C19H16N2O3S/c22-18(21-11-14-12-23-17-4-2-1-3-16(14)17)13-5-7-15(8-6-13)24-19-20-9-10-25-19/h1-10,14H,11-12H2,(H,21,22)/t14-/m1/s1. The second kappa shape index (κ2) is 6.94. The number of aromatic nitrogens is 1. The van der Waals surface area contributed by atoms with Crippen LogP contribution in [0.1, 0.15) is 21.8 Å². The van der Waals surface area contributed by atoms with Crippen LogP contribution in [0.5, 0.6) is 16.7 Å². The monoisotopic (exact) mass is 352 g/mol. The number of benzene rings is 2. The summed E-state index contributed by atoms with van der Waals surface area (Å²) in [6, 6.07) is 15.0. The topological polar surface area (TPSA) is 60.5 Å². The summed E-state index contributed by atoms with van der Waals surface area (Å²) in [4.78, 5) is 16.4. The highest BCUT2D eigenvalue weighted by atomic mass is 32.1. The number of thiazole rings is 1. The van der Waals surface area contributed by atoms with Gasteiger partial charge in [-0.25, -0.2) is 4.98 Å². The first-order valence-corrected chi connectivity index (χ1v) is 8.85. The zero-order valence-corrected chi connectivity index (χ0v) is 14.2. The van der Waals surface area contributed by atoms with Gasteiger partial charge in [-0.1, -0.05) is 29.5 Å². The van der Waals surface area contributed by atoms with E-state index in [1.165, 1.54) is 11.3 Å². The molecule has 0 unspecified atom stereocenters. The fraction of sp³-hybridized carbons (Fsp3) is 0.158. The molecule has 1 aliphatic heterocycles. The molecule has 1 aliphatic rings. The molecule has 2 aromatic carbocycles. The van der Waals surface area contributed by atoms with Gasteiger partial charge in [0.05, 0.1) is 6.61 Å². The summed E-state index contributed by atoms with van der Waals surface area (Å²) in [6.45, 7) is 1.15. The van der Waals surface area contributed by atoms with Crippen molar-refractivity contribution in [3.8, 4) is 16.7 Å². The van der Waals surface area contributed by atoms with Gasteiger partial charge in [0.25, 0.3) is 11.1 Å². The quantitative estimate of drug-likeness (QED) is 0.758. The van der Waals surface area contributed by atoms with Crippen LogP contribution in [0.4, 0.5) is 0 Å². The summed E-state index contributed by atoms with van der Waals surface area (Å²) in [6.07, 6.45) is 1.69. The van der Waals surface area contributed by atoms with Crippen molar-refractivity contribution in [2.75, 3.05) is 13.2 Å². The Bertz CT molecular complexity index is 863. The molecule has 4 rings (SSSR count). The van der Waals surface area contributed by atoms with Crippen LogP contribution in [0.3, 0.4) is 0 Å². The second-order valence-electron chi connectivity index (χ2n) is 5.68. The minimum Gasteiger partial charge on any atom is -0.493 e. The van der Waals surface area contributed by atoms with Crippen LogP contribution in [0.15, 0.2) is 60.1 Å². The number of rotatable bonds is 5. The number of fused-ring (bicyclic) bond motifs is 1. The van der Waals surface area contributed by atoms with Crippen LogP contribution in [0, 0.1) is 0 Å². The first-order valence-electron chi connectivity index (χ1n) is 7.97. The number of carbonyl (C=O) groups excluding carboxylic acids is 1. The van der Waals surface area contributed by atoms with Gasteiger partial charge in [0.15, 0.2) is 0 Å². The summed E-state index contributed by atoms with van der Waals surface area (Å²) in [7, 11) is 0. The van der Waals surface area contributed by atoms with Gasteiger partial charge >= 0.3 is 0 Å². The van der Waals surface area contributed by atoms with Crippen molar-refractivity contribution < 1.29 is 14.3 Å². The molecule has 0 saturated carbocycles. The van der Waals surface area contributed by atoms with Crippen molar-refractivity contribution in [1.29, 1.82) is 0 Å². The second-order valence-corrected chi connectivity index (χ2v) is 6.54. The lowest BCUT2D eigenvalue weighted by Crippen LogP contribution is -2.28. The molecule has 0 aliphatic carbocycles. The van der Waals surface area contributed by atoms with Crippen molar-refractivity contribution in [2.45, 2.75) is 5.92 Å². The Balaban J connectivity index is 1.35. The van der Waals surface area contributed by atoms with Crippen molar-refractivity contribution in [3.05, 3.63) is 71.2 Å². The fourth-order valence-corrected chi connectivity index (χ4v) is 3.26. The van der Waals surface area contributed by atoms with Crippen molar-refractivity contribution >= 4 is 17.2 Å². The summed E-state index contributed by atoms with van der Waals surface area (Å²) >= 11 is 1.42. The third-order valence-corrected chi connectivity index (χ3v) is 4.69. The van der Waals surface area contributed by atoms with E-state index in [0.717, 1.165) is 11.3 Å². The number of carbonyl (C=O) groups is 1. The van der Waals surface area contributed by atoms with Gasteiger partial charge in [-0.05, 0) is 30.3 Å². The molecule has 0 bridgehead atoms. The first kappa shape index (κ1) is 15.7. The molecular formula is C19H16N2O3S. The van der Waals surface area contributed by atoms with E-state index < -0.39 is 0 Å². The number of para-hydroxylation sites is 1. The Morgan fingerprint density at radius 2 is 2.08 bits per heavy atom. The van der Waals surface area contributed by atoms with Crippen molar-refractivity contribution in [2.24, 2.45) is 0 Å². The van der Waals surface area contributed by atoms with Gasteiger partial charge in [0.1, 0.15) is 11.5 Å². The molecule has 3 aromatic rings. The maximum atomic E-state index is 12.3. The predicted molar refractivity (Wildman–Crippen MR) is 95.6 cm³/mol. The highest BCUT2D eigenvalue weighted by Gasteiger charge is 2.24. The maximum Gasteiger partial charge on any atom is 0.278 e. The Morgan fingerprint density at radius 3 is 2.88 bits per heavy atom. The van der Waals surface area contributed by atoms with Crippen LogP contribution >= 0.6 is 11.3 Å². The van der Waals surface area contributed by atoms with E-state index >= 15 is 0 Å². The van der Waals surface area contributed by atoms with Gasteiger partial charge in [-0.2, -0.15) is 0 Å². The number of hydrogen-bond donors (Lipinski definition) is 1. The van der Waals surface area contributed by atoms with E-state index in [2.05, 4.69) is 10.3 Å². The van der Waals surface area contributed by atoms with Gasteiger partial charge in [-0.3, -0.25) is 4.79 Å². The van der Waals surface area contributed by atoms with Crippen LogP contribution in [0.2, 0.25) is 0 Å². The normalized spacial score (nSPS) is 15.3. The molecule has 1 amide bonds. The van der Waals surface area contributed by atoms with E-state index in [-0.39, 0.29) is 11.8 Å². The van der Waals surface area contributed by atoms with Gasteiger partial charge in [0, 0.05) is 35.2 Å². The maximum absolute atomic E-state index is 12.3. The number of nitrogens with one attached hydrogen (secondary N) is 1. The fourth-order valence-electron chi connectivity index (χ4n) is 2.75. The summed E-state index contributed by atoms with van der Waals surface area (Å²) in [5.41, 5.74) is 1.74. The highest BCUT2D eigenvalue weighted by molar-refractivity contribution is 7.11. The molecule has 25 heavy (non-hydrogen) atoms. The average Bonchev–Trinajstić information content (AvgIpc) is 3.30. The molecule has 5 nitrogen and oxygen atoms in total. The molecular weight excluding hydrogens is 336 g/mol. The van der Waals surface area contributed by atoms with Crippen LogP contribution < -0.4 is 14.8 Å². The van der Waals surface area contributed by atoms with E-state index in [0.29, 0.717) is 29.7 Å². The zero-order chi connectivity index (χ0) is 17.1. The molecule has 0 saturated heterocycles. The molecule has 1 atom stereocenters. The summed E-state index contributed by atoms with van der Waals surface area (Å²) in [5, 5.41) is 5.41. The Kier molecular flexibility index (Phi) is 4.35. The number of ether oxygens (including phenoxy) is 2. The summed E-state index contributed by atoms with van der Waals surface area (Å²) < 4.78 is 11.2. The highest BCUT2D eigenvalue weighted by Crippen LogP contribution is 2.32. The SMILES string of the molecule is O=C(NC[C@@H]1COc2ccccc21)c1ccc(Oc2nccs2)cc1. The molecule has 6 heteroatoms. The lowest BCUT2D eigenvalue weighted by atomic mass is 10.0. The molecule has 1 aromatic heterocycles. The van der Waals surface area contributed by atoms with E-state index in [9.17, 15) is 4.79 Å². The zero-order valence-electron chi connectivity index (χ0n) is 13.3. The molecule has 2 heterocycles. The lowest BCUT2D eigenvalue weighted by Gasteiger charge is -2.11. The molecule has 0 fully saturated rings. The minimum atomic E-state index is -0.106. The number of nitrogens with zero attached hydrogens (tertiary/aromatic N) is 1. The molecule has 0 radical (unpaired) electrons. The third-order valence-electron chi connectivity index (χ3n) is 4.04. The minimum absolute atomic E-state index is 0.106. The predicted octanol–water partition coefficient (Wildman–Crippen LogP) is 3.84. The van der Waals surface area contributed by atoms with Crippen LogP contribution in [0.25, 0.3) is 0 Å². The van der Waals surface area contributed by atoms with Crippen LogP contribution in [-0.2, 0) is 0 Å². The van der Waals surface area contributed by atoms with Gasteiger partial charge in [0.2, 0.25) is 0 Å². The average molecular weight is 352 g/mol. The van der Waals surface area contributed by atoms with Crippen LogP contribution in [-0.4, -0.2) is 24.0 Å². The molecule has 126 valence electrons. The van der Waals surface area contributed by atoms with E-state index in [4.69, 9.17) is 9.47 Å².